The molecule has 3 aromatic rings. The van der Waals surface area contributed by atoms with Gasteiger partial charge in [-0.25, -0.2) is 4.39 Å². The highest BCUT2D eigenvalue weighted by molar-refractivity contribution is 8.01. The highest BCUT2D eigenvalue weighted by Crippen LogP contribution is 2.48. The molecule has 2 aliphatic rings. The first-order valence-corrected chi connectivity index (χ1v) is 14.2. The summed E-state index contributed by atoms with van der Waals surface area (Å²) in [5.74, 6) is -2.21. The number of nitrogens with zero attached hydrogens (tertiary/aromatic N) is 5. The van der Waals surface area contributed by atoms with Gasteiger partial charge in [0.1, 0.15) is 17.7 Å². The van der Waals surface area contributed by atoms with Crippen LogP contribution in [0, 0.1) is 28.5 Å². The zero-order valence-electron chi connectivity index (χ0n) is 20.6. The summed E-state index contributed by atoms with van der Waals surface area (Å²) in [5, 5.41) is 30.8. The normalized spacial score (nSPS) is 16.9. The second kappa shape index (κ2) is 11.5. The maximum atomic E-state index is 15.0. The van der Waals surface area contributed by atoms with E-state index >= 15 is 4.39 Å². The number of halogens is 2. The number of carbonyl (C=O) groups is 2. The van der Waals surface area contributed by atoms with Crippen LogP contribution in [-0.2, 0) is 9.59 Å². The third-order valence-electron chi connectivity index (χ3n) is 6.44. The first-order valence-electron chi connectivity index (χ1n) is 12.0. The van der Waals surface area contributed by atoms with Gasteiger partial charge >= 0.3 is 0 Å². The maximum Gasteiger partial charge on any atom is 0.234 e. The molecule has 1 aliphatic carbocycles. The number of anilines is 2. The Morgan fingerprint density at radius 1 is 1.20 bits per heavy atom. The van der Waals surface area contributed by atoms with Gasteiger partial charge in [-0.3, -0.25) is 14.5 Å². The smallest absolute Gasteiger partial charge is 0.234 e. The number of thioether (sulfide) groups is 1. The van der Waals surface area contributed by atoms with Crippen molar-refractivity contribution in [2.24, 2.45) is 5.73 Å². The molecule has 0 fully saturated rings. The SMILES string of the molecule is N#CC1=C(N)N(c2nnc(SCC(=O)Nc3ccccc3C#N)s2)C2=C(C(=O)CCC2)C1c1c(F)cccc1Cl. The molecule has 9 nitrogen and oxygen atoms in total. The second-order valence-corrected chi connectivity index (χ2v) is 11.4. The third-order valence-corrected chi connectivity index (χ3v) is 8.81. The number of ketones is 1. The highest BCUT2D eigenvalue weighted by Gasteiger charge is 2.43. The summed E-state index contributed by atoms with van der Waals surface area (Å²) in [5.41, 5.74) is 8.07. The summed E-state index contributed by atoms with van der Waals surface area (Å²) in [6.07, 6.45) is 1.24. The fourth-order valence-corrected chi connectivity index (χ4v) is 6.69. The molecule has 200 valence electrons. The van der Waals surface area contributed by atoms with Gasteiger partial charge in [0.05, 0.1) is 34.6 Å². The summed E-state index contributed by atoms with van der Waals surface area (Å²) >= 11 is 8.64. The number of nitrogens with two attached hydrogens (primary N) is 1. The molecule has 1 atom stereocenters. The van der Waals surface area contributed by atoms with E-state index in [1.807, 2.05) is 6.07 Å². The molecule has 0 bridgehead atoms. The van der Waals surface area contributed by atoms with Gasteiger partial charge in [0, 0.05) is 28.3 Å². The highest BCUT2D eigenvalue weighted by atomic mass is 35.5. The summed E-state index contributed by atoms with van der Waals surface area (Å²) < 4.78 is 15.5. The van der Waals surface area contributed by atoms with Gasteiger partial charge in [-0.15, -0.1) is 10.2 Å². The van der Waals surface area contributed by atoms with Crippen molar-refractivity contribution >= 4 is 57.2 Å². The summed E-state index contributed by atoms with van der Waals surface area (Å²) in [7, 11) is 0. The van der Waals surface area contributed by atoms with E-state index in [-0.39, 0.29) is 51.4 Å². The van der Waals surface area contributed by atoms with Crippen molar-refractivity contribution < 1.29 is 14.0 Å². The predicted molar refractivity (Wildman–Crippen MR) is 150 cm³/mol. The number of allylic oxidation sites excluding steroid dienone is 3. The molecule has 1 unspecified atom stereocenters. The lowest BCUT2D eigenvalue weighted by Gasteiger charge is -2.38. The quantitative estimate of drug-likeness (QED) is 0.367. The van der Waals surface area contributed by atoms with Crippen LogP contribution in [0.3, 0.4) is 0 Å². The Hall–Kier alpha value is -4.23. The Morgan fingerprint density at radius 2 is 2.00 bits per heavy atom. The van der Waals surface area contributed by atoms with E-state index in [0.717, 1.165) is 23.1 Å². The van der Waals surface area contributed by atoms with Crippen molar-refractivity contribution in [1.29, 1.82) is 10.5 Å². The van der Waals surface area contributed by atoms with Crippen molar-refractivity contribution in [2.45, 2.75) is 29.5 Å². The first-order chi connectivity index (χ1) is 19.3. The van der Waals surface area contributed by atoms with E-state index in [9.17, 15) is 20.1 Å². The second-order valence-electron chi connectivity index (χ2n) is 8.80. The molecule has 1 aromatic heterocycles. The van der Waals surface area contributed by atoms with E-state index < -0.39 is 11.7 Å². The van der Waals surface area contributed by atoms with Crippen LogP contribution in [0.4, 0.5) is 15.2 Å². The molecule has 1 amide bonds. The molecule has 13 heteroatoms. The fourth-order valence-electron chi connectivity index (χ4n) is 4.73. The van der Waals surface area contributed by atoms with Crippen molar-refractivity contribution in [1.82, 2.24) is 10.2 Å². The maximum absolute atomic E-state index is 15.0. The number of Topliss-reactive ketones (excluding diaryl/α,β-unsaturated/α-hetero) is 1. The van der Waals surface area contributed by atoms with Gasteiger partial charge < -0.3 is 11.1 Å². The molecule has 0 spiro atoms. The van der Waals surface area contributed by atoms with Crippen molar-refractivity contribution in [3.8, 4) is 12.1 Å². The lowest BCUT2D eigenvalue weighted by Crippen LogP contribution is -2.39. The zero-order valence-corrected chi connectivity index (χ0v) is 23.0. The number of rotatable bonds is 6. The Labute approximate surface area is 241 Å². The number of nitrogens with one attached hydrogen (secondary N) is 1. The number of para-hydroxylation sites is 1. The topological polar surface area (TPSA) is 149 Å². The standard InChI is InChI=1S/C27H19ClFN7O2S2/c28-16-6-3-7-17(29)23(16)22-15(12-31)25(32)36(19-9-4-10-20(37)24(19)22)26-34-35-27(40-26)39-13-21(38)33-18-8-2-1-5-14(18)11-30/h1-3,5-8,22H,4,9-10,13,32H2,(H,33,38). The lowest BCUT2D eigenvalue weighted by molar-refractivity contribution is -0.116. The van der Waals surface area contributed by atoms with Crippen LogP contribution in [0.25, 0.3) is 0 Å². The number of aromatic nitrogens is 2. The van der Waals surface area contributed by atoms with E-state index in [1.165, 1.54) is 23.1 Å². The number of amides is 1. The summed E-state index contributed by atoms with van der Waals surface area (Å²) in [4.78, 5) is 27.3. The van der Waals surface area contributed by atoms with Gasteiger partial charge in [0.25, 0.3) is 0 Å². The Morgan fingerprint density at radius 3 is 2.75 bits per heavy atom. The van der Waals surface area contributed by atoms with Crippen LogP contribution in [-0.4, -0.2) is 27.6 Å². The average Bonchev–Trinajstić information content (AvgIpc) is 3.40. The minimum absolute atomic E-state index is 0.00343. The molecule has 0 saturated heterocycles. The van der Waals surface area contributed by atoms with E-state index in [4.69, 9.17) is 17.3 Å². The molecular formula is C27H19ClFN7O2S2. The van der Waals surface area contributed by atoms with Crippen LogP contribution in [0.2, 0.25) is 5.02 Å². The Bertz CT molecular complexity index is 1670. The van der Waals surface area contributed by atoms with Crippen molar-refractivity contribution in [2.75, 3.05) is 16.0 Å². The number of carbonyl (C=O) groups excluding carboxylic acids is 2. The monoisotopic (exact) mass is 591 g/mol. The molecule has 2 aromatic carbocycles. The van der Waals surface area contributed by atoms with Gasteiger partial charge in [-0.05, 0) is 37.1 Å². The van der Waals surface area contributed by atoms with Gasteiger partial charge in [-0.1, -0.05) is 52.9 Å². The largest absolute Gasteiger partial charge is 0.384 e. The fraction of sp³-hybridized carbons (Fsp3) is 0.185. The van der Waals surface area contributed by atoms with Gasteiger partial charge in [0.2, 0.25) is 11.0 Å². The number of hydrogen-bond donors (Lipinski definition) is 2. The first kappa shape index (κ1) is 27.3. The van der Waals surface area contributed by atoms with Crippen molar-refractivity contribution in [3.05, 3.63) is 87.1 Å². The zero-order chi connectivity index (χ0) is 28.4. The third kappa shape index (κ3) is 5.05. The van der Waals surface area contributed by atoms with Crippen LogP contribution < -0.4 is 16.0 Å². The molecule has 3 N–H and O–H groups in total. The van der Waals surface area contributed by atoms with E-state index in [1.54, 1.807) is 24.3 Å². The van der Waals surface area contributed by atoms with Crippen LogP contribution in [0.5, 0.6) is 0 Å². The Balaban J connectivity index is 1.45. The lowest BCUT2D eigenvalue weighted by atomic mass is 9.75. The summed E-state index contributed by atoms with van der Waals surface area (Å²) in [6, 6.07) is 15.0. The molecule has 40 heavy (non-hydrogen) atoms. The van der Waals surface area contributed by atoms with Crippen LogP contribution in [0.1, 0.15) is 36.3 Å². The molecule has 0 saturated carbocycles. The van der Waals surface area contributed by atoms with E-state index in [2.05, 4.69) is 21.6 Å². The number of hydrogen-bond acceptors (Lipinski definition) is 10. The molecule has 0 radical (unpaired) electrons. The van der Waals surface area contributed by atoms with Crippen LogP contribution in [0.15, 0.2) is 69.5 Å². The average molecular weight is 592 g/mol. The Kier molecular flexibility index (Phi) is 7.85. The van der Waals surface area contributed by atoms with Crippen LogP contribution >= 0.6 is 34.7 Å². The van der Waals surface area contributed by atoms with Crippen molar-refractivity contribution in [3.63, 3.8) is 0 Å². The van der Waals surface area contributed by atoms with E-state index in [0.29, 0.717) is 39.3 Å². The minimum Gasteiger partial charge on any atom is -0.384 e. The minimum atomic E-state index is -1.04. The number of nitriles is 2. The number of benzene rings is 2. The molecular weight excluding hydrogens is 573 g/mol. The van der Waals surface area contributed by atoms with Gasteiger partial charge in [-0.2, -0.15) is 10.5 Å². The van der Waals surface area contributed by atoms with Gasteiger partial charge in [0.15, 0.2) is 10.1 Å². The summed E-state index contributed by atoms with van der Waals surface area (Å²) in [6.45, 7) is 0. The molecule has 1 aliphatic heterocycles. The molecule has 2 heterocycles. The molecule has 5 rings (SSSR count). The predicted octanol–water partition coefficient (Wildman–Crippen LogP) is 5.24.